The first-order valence-corrected chi connectivity index (χ1v) is 7.12. The molecule has 2 aromatic carbocycles. The Hall–Kier alpha value is -2.08. The second kappa shape index (κ2) is 6.58. The standard InChI is InChI=1S/C15H15BrN2O3/c1-10-3-6-15(21-2)13(7-10)17-9-11-8-12(16)4-5-14(11)18(19)20/h3-8,17H,9H2,1-2H3. The van der Waals surface area contributed by atoms with E-state index in [4.69, 9.17) is 4.74 Å². The van der Waals surface area contributed by atoms with E-state index in [1.54, 1.807) is 19.2 Å². The van der Waals surface area contributed by atoms with Crippen LogP contribution in [0, 0.1) is 17.0 Å². The summed E-state index contributed by atoms with van der Waals surface area (Å²) in [7, 11) is 1.59. The molecule has 2 rings (SSSR count). The largest absolute Gasteiger partial charge is 0.495 e. The number of aryl methyl sites for hydroxylation is 1. The van der Waals surface area contributed by atoms with Crippen molar-refractivity contribution >= 4 is 27.3 Å². The number of halogens is 1. The lowest BCUT2D eigenvalue weighted by atomic mass is 10.1. The number of hydrogen-bond donors (Lipinski definition) is 1. The summed E-state index contributed by atoms with van der Waals surface area (Å²) in [6.45, 7) is 2.32. The summed E-state index contributed by atoms with van der Waals surface area (Å²) in [5.41, 5.74) is 2.60. The van der Waals surface area contributed by atoms with Gasteiger partial charge in [0.2, 0.25) is 0 Å². The first kappa shape index (κ1) is 15.3. The van der Waals surface area contributed by atoms with Crippen LogP contribution in [0.4, 0.5) is 11.4 Å². The molecule has 0 bridgehead atoms. The smallest absolute Gasteiger partial charge is 0.274 e. The maximum Gasteiger partial charge on any atom is 0.274 e. The number of hydrogen-bond acceptors (Lipinski definition) is 4. The zero-order valence-corrected chi connectivity index (χ0v) is 13.3. The third kappa shape index (κ3) is 3.72. The van der Waals surface area contributed by atoms with Crippen molar-refractivity contribution in [1.82, 2.24) is 0 Å². The van der Waals surface area contributed by atoms with Crippen LogP contribution in [0.25, 0.3) is 0 Å². The van der Waals surface area contributed by atoms with Crippen LogP contribution in [-0.2, 0) is 6.54 Å². The molecule has 0 heterocycles. The third-order valence-electron chi connectivity index (χ3n) is 3.06. The van der Waals surface area contributed by atoms with Crippen molar-refractivity contribution in [3.8, 4) is 5.75 Å². The van der Waals surface area contributed by atoms with Crippen molar-refractivity contribution < 1.29 is 9.66 Å². The zero-order valence-electron chi connectivity index (χ0n) is 11.7. The van der Waals surface area contributed by atoms with Crippen LogP contribution in [0.5, 0.6) is 5.75 Å². The molecule has 0 aliphatic heterocycles. The summed E-state index contributed by atoms with van der Waals surface area (Å²) >= 11 is 3.34. The van der Waals surface area contributed by atoms with Gasteiger partial charge in [0.15, 0.2) is 0 Å². The maximum absolute atomic E-state index is 11.1. The number of nitrogens with one attached hydrogen (secondary N) is 1. The van der Waals surface area contributed by atoms with Gasteiger partial charge in [0, 0.05) is 22.6 Å². The molecule has 110 valence electrons. The number of benzene rings is 2. The first-order valence-electron chi connectivity index (χ1n) is 6.32. The van der Waals surface area contributed by atoms with Gasteiger partial charge in [0.1, 0.15) is 5.75 Å². The summed E-state index contributed by atoms with van der Waals surface area (Å²) in [5.74, 6) is 0.707. The molecule has 0 saturated heterocycles. The van der Waals surface area contributed by atoms with Gasteiger partial charge in [-0.2, -0.15) is 0 Å². The first-order chi connectivity index (χ1) is 10.0. The summed E-state index contributed by atoms with van der Waals surface area (Å²) in [6.07, 6.45) is 0. The van der Waals surface area contributed by atoms with E-state index in [0.717, 1.165) is 15.7 Å². The van der Waals surface area contributed by atoms with E-state index < -0.39 is 0 Å². The summed E-state index contributed by atoms with van der Waals surface area (Å²) in [5, 5.41) is 14.3. The number of nitro groups is 1. The van der Waals surface area contributed by atoms with Gasteiger partial charge in [-0.15, -0.1) is 0 Å². The fourth-order valence-electron chi connectivity index (χ4n) is 2.02. The van der Waals surface area contributed by atoms with E-state index in [-0.39, 0.29) is 10.6 Å². The number of anilines is 1. The van der Waals surface area contributed by atoms with Crippen molar-refractivity contribution in [2.45, 2.75) is 13.5 Å². The van der Waals surface area contributed by atoms with E-state index in [9.17, 15) is 10.1 Å². The highest BCUT2D eigenvalue weighted by molar-refractivity contribution is 9.10. The molecule has 2 aromatic rings. The molecule has 0 saturated carbocycles. The fraction of sp³-hybridized carbons (Fsp3) is 0.200. The molecule has 6 heteroatoms. The third-order valence-corrected chi connectivity index (χ3v) is 3.56. The van der Waals surface area contributed by atoms with Crippen LogP contribution < -0.4 is 10.1 Å². The highest BCUT2D eigenvalue weighted by Gasteiger charge is 2.14. The number of methoxy groups -OCH3 is 1. The molecule has 21 heavy (non-hydrogen) atoms. The number of ether oxygens (including phenoxy) is 1. The van der Waals surface area contributed by atoms with Crippen LogP contribution >= 0.6 is 15.9 Å². The van der Waals surface area contributed by atoms with Crippen molar-refractivity contribution in [3.05, 3.63) is 62.1 Å². The van der Waals surface area contributed by atoms with E-state index in [1.807, 2.05) is 25.1 Å². The quantitative estimate of drug-likeness (QED) is 0.645. The van der Waals surface area contributed by atoms with Crippen LogP contribution in [0.2, 0.25) is 0 Å². The van der Waals surface area contributed by atoms with Gasteiger partial charge >= 0.3 is 0 Å². The molecule has 0 aliphatic carbocycles. The lowest BCUT2D eigenvalue weighted by molar-refractivity contribution is -0.385. The second-order valence-corrected chi connectivity index (χ2v) is 5.50. The Morgan fingerprint density at radius 3 is 2.71 bits per heavy atom. The average Bonchev–Trinajstić information content (AvgIpc) is 2.45. The van der Waals surface area contributed by atoms with Gasteiger partial charge in [-0.05, 0) is 36.8 Å². The van der Waals surface area contributed by atoms with Crippen LogP contribution in [0.3, 0.4) is 0 Å². The van der Waals surface area contributed by atoms with E-state index in [2.05, 4.69) is 21.2 Å². The molecule has 0 amide bonds. The second-order valence-electron chi connectivity index (χ2n) is 4.59. The number of nitro benzene ring substituents is 1. The van der Waals surface area contributed by atoms with Gasteiger partial charge in [-0.25, -0.2) is 0 Å². The van der Waals surface area contributed by atoms with Crippen LogP contribution in [0.15, 0.2) is 40.9 Å². The predicted octanol–water partition coefficient (Wildman–Crippen LogP) is 4.29. The van der Waals surface area contributed by atoms with Crippen LogP contribution in [0.1, 0.15) is 11.1 Å². The Kier molecular flexibility index (Phi) is 4.80. The summed E-state index contributed by atoms with van der Waals surface area (Å²) in [6, 6.07) is 10.7. The van der Waals surface area contributed by atoms with Crippen molar-refractivity contribution in [2.24, 2.45) is 0 Å². The highest BCUT2D eigenvalue weighted by Crippen LogP contribution is 2.28. The Balaban J connectivity index is 2.26. The number of rotatable bonds is 5. The lowest BCUT2D eigenvalue weighted by Gasteiger charge is -2.12. The molecular weight excluding hydrogens is 336 g/mol. The van der Waals surface area contributed by atoms with Crippen molar-refractivity contribution in [1.29, 1.82) is 0 Å². The Labute approximate surface area is 131 Å². The van der Waals surface area contributed by atoms with E-state index in [1.165, 1.54) is 6.07 Å². The van der Waals surface area contributed by atoms with E-state index in [0.29, 0.717) is 17.9 Å². The Morgan fingerprint density at radius 1 is 1.29 bits per heavy atom. The minimum absolute atomic E-state index is 0.0947. The van der Waals surface area contributed by atoms with Gasteiger partial charge in [0.05, 0.1) is 17.7 Å². The lowest BCUT2D eigenvalue weighted by Crippen LogP contribution is -2.04. The molecule has 0 unspecified atom stereocenters. The summed E-state index contributed by atoms with van der Waals surface area (Å²) in [4.78, 5) is 10.7. The Morgan fingerprint density at radius 2 is 2.05 bits per heavy atom. The molecule has 0 aromatic heterocycles. The number of nitrogens with zero attached hydrogens (tertiary/aromatic N) is 1. The van der Waals surface area contributed by atoms with Gasteiger partial charge in [-0.1, -0.05) is 22.0 Å². The SMILES string of the molecule is COc1ccc(C)cc1NCc1cc(Br)ccc1[N+](=O)[O-]. The topological polar surface area (TPSA) is 64.4 Å². The molecule has 0 spiro atoms. The molecule has 0 aliphatic rings. The molecule has 0 radical (unpaired) electrons. The summed E-state index contributed by atoms with van der Waals surface area (Å²) < 4.78 is 6.09. The molecule has 0 atom stereocenters. The van der Waals surface area contributed by atoms with Gasteiger partial charge in [0.25, 0.3) is 5.69 Å². The van der Waals surface area contributed by atoms with Crippen molar-refractivity contribution in [2.75, 3.05) is 12.4 Å². The van der Waals surface area contributed by atoms with Gasteiger partial charge in [-0.3, -0.25) is 10.1 Å². The average molecular weight is 351 g/mol. The minimum Gasteiger partial charge on any atom is -0.495 e. The monoisotopic (exact) mass is 350 g/mol. The van der Waals surface area contributed by atoms with Gasteiger partial charge < -0.3 is 10.1 Å². The maximum atomic E-state index is 11.1. The predicted molar refractivity (Wildman–Crippen MR) is 85.9 cm³/mol. The fourth-order valence-corrected chi connectivity index (χ4v) is 2.43. The van der Waals surface area contributed by atoms with E-state index >= 15 is 0 Å². The van der Waals surface area contributed by atoms with Crippen LogP contribution in [-0.4, -0.2) is 12.0 Å². The molecule has 0 fully saturated rings. The highest BCUT2D eigenvalue weighted by atomic mass is 79.9. The normalized spacial score (nSPS) is 10.2. The Bertz CT molecular complexity index is 674. The molecule has 5 nitrogen and oxygen atoms in total. The minimum atomic E-state index is -0.378. The van der Waals surface area contributed by atoms with Crippen molar-refractivity contribution in [3.63, 3.8) is 0 Å². The molecule has 1 N–H and O–H groups in total. The molecular formula is C15H15BrN2O3. The zero-order chi connectivity index (χ0) is 15.4.